The summed E-state index contributed by atoms with van der Waals surface area (Å²) in [6.07, 6.45) is 5.04. The molecule has 2 aromatic rings. The van der Waals surface area contributed by atoms with Crippen molar-refractivity contribution in [3.8, 4) is 0 Å². The van der Waals surface area contributed by atoms with E-state index in [1.807, 2.05) is 29.5 Å². The summed E-state index contributed by atoms with van der Waals surface area (Å²) >= 11 is 1.82. The molecular formula is C17H20N2OS. The van der Waals surface area contributed by atoms with E-state index in [-0.39, 0.29) is 11.9 Å². The summed E-state index contributed by atoms with van der Waals surface area (Å²) in [5.41, 5.74) is 2.35. The van der Waals surface area contributed by atoms with Crippen molar-refractivity contribution in [2.75, 3.05) is 6.54 Å². The molecule has 0 saturated heterocycles. The van der Waals surface area contributed by atoms with E-state index < -0.39 is 0 Å². The van der Waals surface area contributed by atoms with Crippen molar-refractivity contribution in [3.05, 3.63) is 52.0 Å². The lowest BCUT2D eigenvalue weighted by molar-refractivity contribution is -0.134. The summed E-state index contributed by atoms with van der Waals surface area (Å²) in [6, 6.07) is 8.31. The first kappa shape index (κ1) is 14.3. The van der Waals surface area contributed by atoms with Crippen LogP contribution in [0.25, 0.3) is 0 Å². The number of aromatic nitrogens is 1. The Balaban J connectivity index is 1.67. The van der Waals surface area contributed by atoms with Crippen LogP contribution in [0.3, 0.4) is 0 Å². The lowest BCUT2D eigenvalue weighted by Crippen LogP contribution is -2.39. The maximum atomic E-state index is 12.6. The number of carbonyl (C=O) groups excluding carboxylic acids is 1. The molecule has 0 fully saturated rings. The zero-order valence-corrected chi connectivity index (χ0v) is 13.1. The molecule has 3 rings (SSSR count). The minimum atomic E-state index is 0.254. The molecule has 0 N–H and O–H groups in total. The minimum absolute atomic E-state index is 0.254. The Morgan fingerprint density at radius 1 is 1.43 bits per heavy atom. The predicted molar refractivity (Wildman–Crippen MR) is 85.3 cm³/mol. The van der Waals surface area contributed by atoms with Gasteiger partial charge in [0.05, 0.1) is 6.04 Å². The number of aryl methyl sites for hydroxylation is 1. The van der Waals surface area contributed by atoms with E-state index in [0.717, 1.165) is 31.5 Å². The van der Waals surface area contributed by atoms with E-state index in [1.54, 1.807) is 6.20 Å². The largest absolute Gasteiger partial charge is 0.335 e. The van der Waals surface area contributed by atoms with E-state index in [9.17, 15) is 4.79 Å². The monoisotopic (exact) mass is 300 g/mol. The molecule has 0 aliphatic carbocycles. The maximum Gasteiger partial charge on any atom is 0.223 e. The third-order valence-electron chi connectivity index (χ3n) is 4.12. The van der Waals surface area contributed by atoms with Gasteiger partial charge in [-0.25, -0.2) is 0 Å². The van der Waals surface area contributed by atoms with E-state index in [0.29, 0.717) is 6.42 Å². The SMILES string of the molecule is CC[C@H]1c2ccsc2CCN1C(=O)CCc1ccccn1. The van der Waals surface area contributed by atoms with Crippen LogP contribution in [-0.2, 0) is 17.6 Å². The number of pyridine rings is 1. The van der Waals surface area contributed by atoms with Crippen LogP contribution in [0.5, 0.6) is 0 Å². The van der Waals surface area contributed by atoms with Gasteiger partial charge in [0.25, 0.3) is 0 Å². The Morgan fingerprint density at radius 2 is 2.33 bits per heavy atom. The zero-order valence-electron chi connectivity index (χ0n) is 12.3. The summed E-state index contributed by atoms with van der Waals surface area (Å²) in [6.45, 7) is 3.02. The van der Waals surface area contributed by atoms with Crippen LogP contribution in [0.4, 0.5) is 0 Å². The number of hydrogen-bond donors (Lipinski definition) is 0. The average Bonchev–Trinajstić information content (AvgIpc) is 3.01. The number of hydrogen-bond acceptors (Lipinski definition) is 3. The number of carbonyl (C=O) groups is 1. The van der Waals surface area contributed by atoms with Gasteiger partial charge in [-0.15, -0.1) is 11.3 Å². The minimum Gasteiger partial charge on any atom is -0.335 e. The Bertz CT molecular complexity index is 608. The molecule has 1 aliphatic rings. The van der Waals surface area contributed by atoms with Gasteiger partial charge in [-0.1, -0.05) is 13.0 Å². The molecule has 1 aliphatic heterocycles. The molecule has 0 saturated carbocycles. The lowest BCUT2D eigenvalue weighted by Gasteiger charge is -2.35. The number of thiophene rings is 1. The fourth-order valence-electron chi connectivity index (χ4n) is 3.06. The van der Waals surface area contributed by atoms with Crippen molar-refractivity contribution in [3.63, 3.8) is 0 Å². The van der Waals surface area contributed by atoms with Gasteiger partial charge in [0.15, 0.2) is 0 Å². The second kappa shape index (κ2) is 6.39. The van der Waals surface area contributed by atoms with Gasteiger partial charge >= 0.3 is 0 Å². The molecule has 0 bridgehead atoms. The van der Waals surface area contributed by atoms with Crippen LogP contribution in [0.2, 0.25) is 0 Å². The summed E-state index contributed by atoms with van der Waals surface area (Å²) in [5.74, 6) is 0.254. The number of nitrogens with zero attached hydrogens (tertiary/aromatic N) is 2. The molecule has 2 aromatic heterocycles. The molecule has 0 radical (unpaired) electrons. The highest BCUT2D eigenvalue weighted by Crippen LogP contribution is 2.35. The first-order chi connectivity index (χ1) is 10.3. The van der Waals surface area contributed by atoms with Crippen molar-refractivity contribution < 1.29 is 4.79 Å². The van der Waals surface area contributed by atoms with Crippen molar-refractivity contribution in [1.82, 2.24) is 9.88 Å². The fourth-order valence-corrected chi connectivity index (χ4v) is 3.99. The van der Waals surface area contributed by atoms with Crippen molar-refractivity contribution in [2.24, 2.45) is 0 Å². The number of fused-ring (bicyclic) bond motifs is 1. The van der Waals surface area contributed by atoms with Crippen LogP contribution < -0.4 is 0 Å². The molecule has 1 atom stereocenters. The third kappa shape index (κ3) is 3.00. The second-order valence-electron chi connectivity index (χ2n) is 5.38. The predicted octanol–water partition coefficient (Wildman–Crippen LogP) is 3.61. The van der Waals surface area contributed by atoms with Crippen LogP contribution >= 0.6 is 11.3 Å². The van der Waals surface area contributed by atoms with Gasteiger partial charge in [0.1, 0.15) is 0 Å². The zero-order chi connectivity index (χ0) is 14.7. The molecule has 4 heteroatoms. The summed E-state index contributed by atoms with van der Waals surface area (Å²) in [7, 11) is 0. The first-order valence-electron chi connectivity index (χ1n) is 7.55. The second-order valence-corrected chi connectivity index (χ2v) is 6.38. The van der Waals surface area contributed by atoms with Crippen LogP contribution in [0.15, 0.2) is 35.8 Å². The summed E-state index contributed by atoms with van der Waals surface area (Å²) in [5, 5.41) is 2.15. The Hall–Kier alpha value is -1.68. The normalized spacial score (nSPS) is 17.6. The first-order valence-corrected chi connectivity index (χ1v) is 8.43. The van der Waals surface area contributed by atoms with Crippen molar-refractivity contribution >= 4 is 17.2 Å². The molecule has 21 heavy (non-hydrogen) atoms. The molecule has 1 amide bonds. The highest BCUT2D eigenvalue weighted by Gasteiger charge is 2.29. The average molecular weight is 300 g/mol. The molecule has 3 nitrogen and oxygen atoms in total. The van der Waals surface area contributed by atoms with Crippen LogP contribution in [0, 0.1) is 0 Å². The molecule has 0 unspecified atom stereocenters. The Kier molecular flexibility index (Phi) is 4.34. The Morgan fingerprint density at radius 3 is 3.10 bits per heavy atom. The quantitative estimate of drug-likeness (QED) is 0.864. The molecule has 0 spiro atoms. The van der Waals surface area contributed by atoms with E-state index in [1.165, 1.54) is 10.4 Å². The highest BCUT2D eigenvalue weighted by molar-refractivity contribution is 7.10. The molecule has 110 valence electrons. The topological polar surface area (TPSA) is 33.2 Å². The van der Waals surface area contributed by atoms with Gasteiger partial charge < -0.3 is 4.90 Å². The molecule has 3 heterocycles. The van der Waals surface area contributed by atoms with Crippen molar-refractivity contribution in [1.29, 1.82) is 0 Å². The van der Waals surface area contributed by atoms with Gasteiger partial charge in [0.2, 0.25) is 5.91 Å². The smallest absolute Gasteiger partial charge is 0.223 e. The molecular weight excluding hydrogens is 280 g/mol. The fraction of sp³-hybridized carbons (Fsp3) is 0.412. The molecule has 0 aromatic carbocycles. The van der Waals surface area contributed by atoms with Crippen LogP contribution in [-0.4, -0.2) is 22.3 Å². The van der Waals surface area contributed by atoms with Gasteiger partial charge in [-0.2, -0.15) is 0 Å². The Labute approximate surface area is 129 Å². The number of amides is 1. The number of rotatable bonds is 4. The van der Waals surface area contributed by atoms with Gasteiger partial charge in [0, 0.05) is 29.7 Å². The third-order valence-corrected chi connectivity index (χ3v) is 5.12. The van der Waals surface area contributed by atoms with Crippen LogP contribution in [0.1, 0.15) is 41.9 Å². The van der Waals surface area contributed by atoms with E-state index in [2.05, 4.69) is 28.3 Å². The highest BCUT2D eigenvalue weighted by atomic mass is 32.1. The van der Waals surface area contributed by atoms with E-state index >= 15 is 0 Å². The van der Waals surface area contributed by atoms with Crippen molar-refractivity contribution in [2.45, 2.75) is 38.6 Å². The maximum absolute atomic E-state index is 12.6. The lowest BCUT2D eigenvalue weighted by atomic mass is 9.97. The van der Waals surface area contributed by atoms with Gasteiger partial charge in [-0.3, -0.25) is 9.78 Å². The summed E-state index contributed by atoms with van der Waals surface area (Å²) < 4.78 is 0. The summed E-state index contributed by atoms with van der Waals surface area (Å²) in [4.78, 5) is 20.4. The standard InChI is InChI=1S/C17H20N2OS/c1-2-15-14-9-12-21-16(14)8-11-19(15)17(20)7-6-13-5-3-4-10-18-13/h3-5,9-10,12,15H,2,6-8,11H2,1H3/t15-/m0/s1. The van der Waals surface area contributed by atoms with E-state index in [4.69, 9.17) is 0 Å². The van der Waals surface area contributed by atoms with Gasteiger partial charge in [-0.05, 0) is 48.4 Å².